The van der Waals surface area contributed by atoms with Crippen LogP contribution in [0.3, 0.4) is 0 Å². The summed E-state index contributed by atoms with van der Waals surface area (Å²) < 4.78 is 40.8. The number of hydrogen-bond donors (Lipinski definition) is 0. The quantitative estimate of drug-likeness (QED) is 0.521. The lowest BCUT2D eigenvalue weighted by molar-refractivity contribution is -0.133. The van der Waals surface area contributed by atoms with Gasteiger partial charge in [-0.25, -0.2) is 8.42 Å². The summed E-state index contributed by atoms with van der Waals surface area (Å²) in [6.45, 7) is 4.31. The average Bonchev–Trinajstić information content (AvgIpc) is 3.37. The van der Waals surface area contributed by atoms with Crippen molar-refractivity contribution in [3.05, 3.63) is 58.8 Å². The number of carbonyl (C=O) groups excluding carboxylic acids is 1. The Kier molecular flexibility index (Phi) is 6.38. The first kappa shape index (κ1) is 23.2. The Morgan fingerprint density at radius 1 is 1.12 bits per heavy atom. The van der Waals surface area contributed by atoms with Crippen LogP contribution in [0.5, 0.6) is 11.5 Å². The van der Waals surface area contributed by atoms with Crippen molar-refractivity contribution in [3.63, 3.8) is 0 Å². The van der Waals surface area contributed by atoms with Crippen LogP contribution in [0.4, 0.5) is 0 Å². The zero-order valence-corrected chi connectivity index (χ0v) is 20.2. The van der Waals surface area contributed by atoms with E-state index < -0.39 is 9.84 Å². The van der Waals surface area contributed by atoms with Gasteiger partial charge >= 0.3 is 0 Å². The van der Waals surface area contributed by atoms with E-state index in [1.54, 1.807) is 31.4 Å². The lowest BCUT2D eigenvalue weighted by atomic mass is 10.0. The Bertz CT molecular complexity index is 1290. The van der Waals surface area contributed by atoms with Gasteiger partial charge in [0.05, 0.1) is 38.4 Å². The minimum absolute atomic E-state index is 0.0174. The van der Waals surface area contributed by atoms with Crippen molar-refractivity contribution >= 4 is 26.7 Å². The van der Waals surface area contributed by atoms with E-state index in [1.807, 2.05) is 38.1 Å². The molecule has 7 nitrogen and oxygen atoms in total. The molecule has 2 heterocycles. The fourth-order valence-electron chi connectivity index (χ4n) is 4.41. The van der Waals surface area contributed by atoms with E-state index in [0.29, 0.717) is 17.9 Å². The van der Waals surface area contributed by atoms with E-state index in [9.17, 15) is 13.2 Å². The van der Waals surface area contributed by atoms with Gasteiger partial charge in [0.2, 0.25) is 5.91 Å². The number of aryl methyl sites for hydroxylation is 2. The number of rotatable bonds is 7. The van der Waals surface area contributed by atoms with E-state index in [0.717, 1.165) is 33.2 Å². The molecule has 8 heteroatoms. The smallest absolute Gasteiger partial charge is 0.227 e. The highest BCUT2D eigenvalue weighted by atomic mass is 32.2. The summed E-state index contributed by atoms with van der Waals surface area (Å²) in [6, 6.07) is 9.11. The first-order valence-electron chi connectivity index (χ1n) is 10.9. The Labute approximate surface area is 194 Å². The van der Waals surface area contributed by atoms with Crippen LogP contribution in [0.2, 0.25) is 0 Å². The van der Waals surface area contributed by atoms with Crippen LogP contribution in [0.25, 0.3) is 11.0 Å². The van der Waals surface area contributed by atoms with Gasteiger partial charge in [-0.3, -0.25) is 4.79 Å². The van der Waals surface area contributed by atoms with E-state index in [-0.39, 0.29) is 36.4 Å². The van der Waals surface area contributed by atoms with Crippen molar-refractivity contribution in [1.82, 2.24) is 4.90 Å². The van der Waals surface area contributed by atoms with Gasteiger partial charge in [0, 0.05) is 23.5 Å². The number of benzene rings is 2. The molecule has 176 valence electrons. The van der Waals surface area contributed by atoms with Crippen LogP contribution >= 0.6 is 0 Å². The van der Waals surface area contributed by atoms with Crippen LogP contribution in [-0.2, 0) is 27.6 Å². The number of sulfone groups is 1. The summed E-state index contributed by atoms with van der Waals surface area (Å²) in [5.74, 6) is 1.11. The second-order valence-corrected chi connectivity index (χ2v) is 10.8. The van der Waals surface area contributed by atoms with E-state index in [2.05, 4.69) is 0 Å². The number of nitrogens with zero attached hydrogens (tertiary/aromatic N) is 1. The lowest BCUT2D eigenvalue weighted by Gasteiger charge is -2.29. The molecule has 1 atom stereocenters. The maximum Gasteiger partial charge on any atom is 0.227 e. The fraction of sp³-hybridized carbons (Fsp3) is 0.400. The number of carbonyl (C=O) groups is 1. The van der Waals surface area contributed by atoms with Crippen LogP contribution in [0.15, 0.2) is 41.0 Å². The van der Waals surface area contributed by atoms with Crippen molar-refractivity contribution in [2.75, 3.05) is 25.7 Å². The molecule has 1 unspecified atom stereocenters. The summed E-state index contributed by atoms with van der Waals surface area (Å²) in [4.78, 5) is 15.2. The highest BCUT2D eigenvalue weighted by molar-refractivity contribution is 7.91. The van der Waals surface area contributed by atoms with Gasteiger partial charge in [-0.1, -0.05) is 18.2 Å². The summed E-state index contributed by atoms with van der Waals surface area (Å²) in [5, 5.41) is 0.913. The van der Waals surface area contributed by atoms with E-state index in [4.69, 9.17) is 13.9 Å². The Balaban J connectivity index is 1.64. The molecule has 0 spiro atoms. The van der Waals surface area contributed by atoms with Crippen LogP contribution in [0, 0.1) is 13.8 Å². The second-order valence-electron chi connectivity index (χ2n) is 8.59. The summed E-state index contributed by atoms with van der Waals surface area (Å²) in [6.07, 6.45) is 2.21. The standard InChI is InChI=1S/C25H29NO6S/c1-16-5-7-21-19(14-32-25(21)17(16)2)12-24(27)26(20-9-10-33(28,29)15-20)13-18-6-8-22(30-3)23(11-18)31-4/h5-8,11,14,20H,9-10,12-13,15H2,1-4H3. The van der Waals surface area contributed by atoms with E-state index in [1.165, 1.54) is 0 Å². The van der Waals surface area contributed by atoms with Crippen LogP contribution < -0.4 is 9.47 Å². The molecule has 1 aliphatic rings. The number of methoxy groups -OCH3 is 2. The number of hydrogen-bond acceptors (Lipinski definition) is 6. The average molecular weight is 472 g/mol. The third kappa shape index (κ3) is 4.71. The molecule has 1 saturated heterocycles. The first-order valence-corrected chi connectivity index (χ1v) is 12.7. The number of ether oxygens (including phenoxy) is 2. The van der Waals surface area contributed by atoms with Gasteiger partial charge in [0.15, 0.2) is 21.3 Å². The molecular formula is C25H29NO6S. The topological polar surface area (TPSA) is 86.0 Å². The maximum atomic E-state index is 13.5. The maximum absolute atomic E-state index is 13.5. The highest BCUT2D eigenvalue weighted by Crippen LogP contribution is 2.31. The highest BCUT2D eigenvalue weighted by Gasteiger charge is 2.35. The molecule has 0 bridgehead atoms. The van der Waals surface area contributed by atoms with Crippen molar-refractivity contribution in [2.24, 2.45) is 0 Å². The predicted octanol–water partition coefficient (Wildman–Crippen LogP) is 3.83. The Morgan fingerprint density at radius 2 is 1.88 bits per heavy atom. The normalized spacial score (nSPS) is 17.3. The largest absolute Gasteiger partial charge is 0.493 e. The molecule has 1 fully saturated rings. The molecule has 3 aromatic rings. The molecular weight excluding hydrogens is 442 g/mol. The van der Waals surface area contributed by atoms with Crippen molar-refractivity contribution in [3.8, 4) is 11.5 Å². The van der Waals surface area contributed by atoms with Gasteiger partial charge in [-0.05, 0) is 49.1 Å². The number of amides is 1. The van der Waals surface area contributed by atoms with Crippen molar-refractivity contribution in [2.45, 2.75) is 39.3 Å². The third-order valence-corrected chi connectivity index (χ3v) is 8.20. The Morgan fingerprint density at radius 3 is 2.55 bits per heavy atom. The molecule has 33 heavy (non-hydrogen) atoms. The van der Waals surface area contributed by atoms with Crippen LogP contribution in [0.1, 0.15) is 28.7 Å². The van der Waals surface area contributed by atoms with Crippen molar-refractivity contribution < 1.29 is 27.1 Å². The molecule has 4 rings (SSSR count). The zero-order valence-electron chi connectivity index (χ0n) is 19.4. The summed E-state index contributed by atoms with van der Waals surface area (Å²) in [5.41, 5.74) is 4.61. The number of furan rings is 1. The molecule has 1 aliphatic heterocycles. The molecule has 0 radical (unpaired) electrons. The number of fused-ring (bicyclic) bond motifs is 1. The molecule has 1 amide bonds. The zero-order chi connectivity index (χ0) is 23.8. The van der Waals surface area contributed by atoms with Gasteiger partial charge in [-0.2, -0.15) is 0 Å². The fourth-order valence-corrected chi connectivity index (χ4v) is 6.14. The molecule has 0 N–H and O–H groups in total. The molecule has 1 aromatic heterocycles. The lowest BCUT2D eigenvalue weighted by Crippen LogP contribution is -2.41. The van der Waals surface area contributed by atoms with Gasteiger partial charge < -0.3 is 18.8 Å². The first-order chi connectivity index (χ1) is 15.7. The van der Waals surface area contributed by atoms with Gasteiger partial charge in [-0.15, -0.1) is 0 Å². The van der Waals surface area contributed by atoms with E-state index >= 15 is 0 Å². The molecule has 0 saturated carbocycles. The van der Waals surface area contributed by atoms with Crippen molar-refractivity contribution in [1.29, 1.82) is 0 Å². The SMILES string of the molecule is COc1ccc(CN(C(=O)Cc2coc3c(C)c(C)ccc23)C2CCS(=O)(=O)C2)cc1OC. The molecule has 2 aromatic carbocycles. The molecule has 0 aliphatic carbocycles. The monoisotopic (exact) mass is 471 g/mol. The summed E-state index contributed by atoms with van der Waals surface area (Å²) >= 11 is 0. The Hall–Kier alpha value is -3.00. The third-order valence-electron chi connectivity index (χ3n) is 6.45. The predicted molar refractivity (Wildman–Crippen MR) is 127 cm³/mol. The second kappa shape index (κ2) is 9.09. The van der Waals surface area contributed by atoms with Gasteiger partial charge in [0.25, 0.3) is 0 Å². The minimum atomic E-state index is -3.15. The minimum Gasteiger partial charge on any atom is -0.493 e. The summed E-state index contributed by atoms with van der Waals surface area (Å²) in [7, 11) is -0.0319. The van der Waals surface area contributed by atoms with Crippen LogP contribution in [-0.4, -0.2) is 51.0 Å². The van der Waals surface area contributed by atoms with Gasteiger partial charge in [0.1, 0.15) is 5.58 Å².